The summed E-state index contributed by atoms with van der Waals surface area (Å²) < 4.78 is 0. The molecule has 0 aliphatic carbocycles. The van der Waals surface area contributed by atoms with E-state index in [9.17, 15) is 0 Å². The number of nitrogens with zero attached hydrogens (tertiary/aromatic N) is 2. The quantitative estimate of drug-likeness (QED) is 0.679. The lowest BCUT2D eigenvalue weighted by Gasteiger charge is -2.00. The zero-order chi connectivity index (χ0) is 11.8. The molecule has 0 radical (unpaired) electrons. The van der Waals surface area contributed by atoms with E-state index in [1.807, 2.05) is 12.1 Å². The fraction of sp³-hybridized carbons (Fsp3) is 0. The maximum absolute atomic E-state index is 9.00. The van der Waals surface area contributed by atoms with Crippen molar-refractivity contribution in [2.24, 2.45) is 0 Å². The Bertz CT molecular complexity index is 619. The van der Waals surface area contributed by atoms with Crippen molar-refractivity contribution in [3.8, 4) is 10.6 Å². The molecular formula is C10H7BN2O2S2. The molecular weight excluding hydrogens is 255 g/mol. The highest BCUT2D eigenvalue weighted by atomic mass is 32.1. The average Bonchev–Trinajstić information content (AvgIpc) is 2.89. The predicted octanol–water partition coefficient (Wildman–Crippen LogP) is 1.10. The Labute approximate surface area is 105 Å². The van der Waals surface area contributed by atoms with Crippen LogP contribution in [0.5, 0.6) is 0 Å². The van der Waals surface area contributed by atoms with Crippen molar-refractivity contribution >= 4 is 44.9 Å². The van der Waals surface area contributed by atoms with E-state index in [-0.39, 0.29) is 0 Å². The molecule has 3 aromatic rings. The molecule has 7 heteroatoms. The van der Waals surface area contributed by atoms with Gasteiger partial charge in [0.05, 0.1) is 5.51 Å². The molecule has 2 heterocycles. The maximum Gasteiger partial charge on any atom is 0.488 e. The van der Waals surface area contributed by atoms with Gasteiger partial charge in [0, 0.05) is 5.56 Å². The van der Waals surface area contributed by atoms with Crippen LogP contribution in [-0.2, 0) is 0 Å². The van der Waals surface area contributed by atoms with Crippen molar-refractivity contribution in [3.63, 3.8) is 0 Å². The van der Waals surface area contributed by atoms with Crippen molar-refractivity contribution in [2.75, 3.05) is 0 Å². The van der Waals surface area contributed by atoms with Crippen LogP contribution >= 0.6 is 22.7 Å². The van der Waals surface area contributed by atoms with Gasteiger partial charge in [0.2, 0.25) is 0 Å². The van der Waals surface area contributed by atoms with Gasteiger partial charge >= 0.3 is 7.12 Å². The lowest BCUT2D eigenvalue weighted by atomic mass is 9.80. The maximum atomic E-state index is 9.00. The van der Waals surface area contributed by atoms with E-state index in [0.717, 1.165) is 20.2 Å². The topological polar surface area (TPSA) is 66.2 Å². The number of benzene rings is 1. The normalized spacial score (nSPS) is 10.9. The van der Waals surface area contributed by atoms with Gasteiger partial charge in [0.25, 0.3) is 0 Å². The summed E-state index contributed by atoms with van der Waals surface area (Å²) in [5.74, 6) is 0. The van der Waals surface area contributed by atoms with Crippen LogP contribution in [0.3, 0.4) is 0 Å². The highest BCUT2D eigenvalue weighted by molar-refractivity contribution is 7.27. The highest BCUT2D eigenvalue weighted by Crippen LogP contribution is 2.30. The lowest BCUT2D eigenvalue weighted by Crippen LogP contribution is -2.29. The zero-order valence-corrected chi connectivity index (χ0v) is 10.2. The number of rotatable bonds is 2. The van der Waals surface area contributed by atoms with E-state index in [1.54, 1.807) is 17.6 Å². The van der Waals surface area contributed by atoms with Crippen molar-refractivity contribution in [2.45, 2.75) is 0 Å². The van der Waals surface area contributed by atoms with Crippen LogP contribution in [0.15, 0.2) is 29.8 Å². The summed E-state index contributed by atoms with van der Waals surface area (Å²) >= 11 is 3.05. The van der Waals surface area contributed by atoms with Gasteiger partial charge in [0.1, 0.15) is 5.01 Å². The first kappa shape index (κ1) is 10.9. The van der Waals surface area contributed by atoms with Gasteiger partial charge in [-0.3, -0.25) is 0 Å². The molecule has 0 unspecified atom stereocenters. The molecule has 3 rings (SSSR count). The average molecular weight is 262 g/mol. The molecule has 0 amide bonds. The number of hydrogen-bond donors (Lipinski definition) is 2. The van der Waals surface area contributed by atoms with E-state index in [2.05, 4.69) is 9.97 Å². The van der Waals surface area contributed by atoms with E-state index >= 15 is 0 Å². The summed E-state index contributed by atoms with van der Waals surface area (Å²) in [6.07, 6.45) is 0. The molecule has 1 aromatic carbocycles. The SMILES string of the molecule is OB(O)c1ccc(-c2nc3scnc3s2)cc1. The lowest BCUT2D eigenvalue weighted by molar-refractivity contribution is 0.426. The Morgan fingerprint density at radius 3 is 2.47 bits per heavy atom. The molecule has 2 N–H and O–H groups in total. The number of thiazole rings is 2. The first-order chi connectivity index (χ1) is 8.24. The summed E-state index contributed by atoms with van der Waals surface area (Å²) in [4.78, 5) is 10.6. The second kappa shape index (κ2) is 4.19. The van der Waals surface area contributed by atoms with Crippen LogP contribution < -0.4 is 5.46 Å². The second-order valence-electron chi connectivity index (χ2n) is 3.48. The van der Waals surface area contributed by atoms with Gasteiger partial charge in [-0.15, -0.1) is 11.3 Å². The third-order valence-corrected chi connectivity index (χ3v) is 4.23. The third-order valence-electron chi connectivity index (χ3n) is 2.37. The van der Waals surface area contributed by atoms with Crippen LogP contribution in [0, 0.1) is 0 Å². The minimum atomic E-state index is -1.43. The second-order valence-corrected chi connectivity index (χ2v) is 5.29. The van der Waals surface area contributed by atoms with E-state index < -0.39 is 7.12 Å². The summed E-state index contributed by atoms with van der Waals surface area (Å²) in [6.45, 7) is 0. The van der Waals surface area contributed by atoms with Gasteiger partial charge in [0.15, 0.2) is 9.66 Å². The Balaban J connectivity index is 2.01. The summed E-state index contributed by atoms with van der Waals surface area (Å²) in [5, 5.41) is 18.9. The first-order valence-electron chi connectivity index (χ1n) is 4.90. The molecule has 84 valence electrons. The first-order valence-corrected chi connectivity index (χ1v) is 6.60. The molecule has 0 spiro atoms. The van der Waals surface area contributed by atoms with Gasteiger partial charge in [-0.1, -0.05) is 35.6 Å². The van der Waals surface area contributed by atoms with Gasteiger partial charge in [-0.25, -0.2) is 9.97 Å². The molecule has 0 bridgehead atoms. The van der Waals surface area contributed by atoms with Crippen molar-refractivity contribution < 1.29 is 10.0 Å². The molecule has 0 fully saturated rings. The Morgan fingerprint density at radius 2 is 1.82 bits per heavy atom. The molecule has 17 heavy (non-hydrogen) atoms. The predicted molar refractivity (Wildman–Crippen MR) is 70.6 cm³/mol. The fourth-order valence-electron chi connectivity index (χ4n) is 1.50. The Morgan fingerprint density at radius 1 is 1.06 bits per heavy atom. The Kier molecular flexibility index (Phi) is 2.68. The van der Waals surface area contributed by atoms with Crippen LogP contribution in [0.2, 0.25) is 0 Å². The molecule has 0 atom stereocenters. The minimum absolute atomic E-state index is 0.477. The van der Waals surface area contributed by atoms with Crippen molar-refractivity contribution in [1.29, 1.82) is 0 Å². The van der Waals surface area contributed by atoms with Crippen LogP contribution in [0.25, 0.3) is 20.2 Å². The fourth-order valence-corrected chi connectivity index (χ4v) is 3.26. The Hall–Kier alpha value is -1.28. The van der Waals surface area contributed by atoms with Crippen LogP contribution in [0.4, 0.5) is 0 Å². The van der Waals surface area contributed by atoms with E-state index in [4.69, 9.17) is 10.0 Å². The van der Waals surface area contributed by atoms with Crippen LogP contribution in [0.1, 0.15) is 0 Å². The molecule has 0 saturated carbocycles. The largest absolute Gasteiger partial charge is 0.488 e. The van der Waals surface area contributed by atoms with Gasteiger partial charge in [-0.2, -0.15) is 0 Å². The van der Waals surface area contributed by atoms with Gasteiger partial charge in [-0.05, 0) is 5.46 Å². The summed E-state index contributed by atoms with van der Waals surface area (Å²) in [7, 11) is -1.43. The minimum Gasteiger partial charge on any atom is -0.423 e. The van der Waals surface area contributed by atoms with Gasteiger partial charge < -0.3 is 10.0 Å². The van der Waals surface area contributed by atoms with Crippen molar-refractivity contribution in [3.05, 3.63) is 29.8 Å². The summed E-state index contributed by atoms with van der Waals surface area (Å²) in [5.41, 5.74) is 3.22. The third kappa shape index (κ3) is 1.98. The van der Waals surface area contributed by atoms with Crippen molar-refractivity contribution in [1.82, 2.24) is 9.97 Å². The van der Waals surface area contributed by atoms with E-state index in [1.165, 1.54) is 22.7 Å². The standard InChI is InChI=1S/C10H7BN2O2S2/c14-11(15)7-3-1-6(2-4-7)8-13-10-9(17-8)12-5-16-10/h1-5,14-15H. The number of aromatic nitrogens is 2. The number of fused-ring (bicyclic) bond motifs is 1. The molecule has 0 aliphatic rings. The monoisotopic (exact) mass is 262 g/mol. The molecule has 4 nitrogen and oxygen atoms in total. The zero-order valence-electron chi connectivity index (χ0n) is 8.57. The number of hydrogen-bond acceptors (Lipinski definition) is 6. The highest BCUT2D eigenvalue weighted by Gasteiger charge is 2.12. The molecule has 2 aromatic heterocycles. The van der Waals surface area contributed by atoms with Crippen LogP contribution in [-0.4, -0.2) is 27.1 Å². The van der Waals surface area contributed by atoms with E-state index in [0.29, 0.717) is 5.46 Å². The molecule has 0 saturated heterocycles. The smallest absolute Gasteiger partial charge is 0.423 e. The molecule has 0 aliphatic heterocycles. The summed E-state index contributed by atoms with van der Waals surface area (Å²) in [6, 6.07) is 7.03.